The minimum absolute atomic E-state index is 0.293. The van der Waals surface area contributed by atoms with Crippen LogP contribution < -0.4 is 4.74 Å². The minimum atomic E-state index is -0.552. The maximum Gasteiger partial charge on any atom is 0.343 e. The molecule has 0 radical (unpaired) electrons. The van der Waals surface area contributed by atoms with Crippen LogP contribution in [0, 0.1) is 0 Å². The van der Waals surface area contributed by atoms with Crippen molar-refractivity contribution in [3.8, 4) is 5.75 Å². The van der Waals surface area contributed by atoms with Crippen molar-refractivity contribution in [2.24, 2.45) is 0 Å². The monoisotopic (exact) mass is 408 g/mol. The Labute approximate surface area is 169 Å². The van der Waals surface area contributed by atoms with Gasteiger partial charge in [0.15, 0.2) is 0 Å². The van der Waals surface area contributed by atoms with Gasteiger partial charge in [-0.3, -0.25) is 0 Å². The zero-order valence-electron chi connectivity index (χ0n) is 15.2. The molecule has 0 aliphatic rings. The topological polar surface area (TPSA) is 52.6 Å². The predicted molar refractivity (Wildman–Crippen MR) is 107 cm³/mol. The summed E-state index contributed by atoms with van der Waals surface area (Å²) in [4.78, 5) is 24.2. The summed E-state index contributed by atoms with van der Waals surface area (Å²) in [6, 6.07) is 10.7. The minimum Gasteiger partial charge on any atom is -0.462 e. The van der Waals surface area contributed by atoms with E-state index in [-0.39, 0.29) is 0 Å². The molecule has 2 aromatic carbocycles. The van der Waals surface area contributed by atoms with Crippen LogP contribution >= 0.6 is 23.2 Å². The normalized spacial score (nSPS) is 10.5. The lowest BCUT2D eigenvalue weighted by molar-refractivity contribution is 0.0497. The molecular weight excluding hydrogens is 387 g/mol. The number of unbranched alkanes of at least 4 members (excludes halogenated alkanes) is 4. The standard InChI is InChI=1S/C21H22Cl2O4/c1-2-3-4-5-6-13-26-20(24)15-7-9-16(10-8-15)21(25)27-17-11-12-18(22)19(23)14-17/h7-12,14H,2-6,13H2,1H3. The van der Waals surface area contributed by atoms with E-state index >= 15 is 0 Å². The Morgan fingerprint density at radius 1 is 0.815 bits per heavy atom. The number of benzene rings is 2. The summed E-state index contributed by atoms with van der Waals surface area (Å²) in [5.41, 5.74) is 0.715. The molecule has 144 valence electrons. The highest BCUT2D eigenvalue weighted by molar-refractivity contribution is 6.42. The van der Waals surface area contributed by atoms with Gasteiger partial charge >= 0.3 is 11.9 Å². The summed E-state index contributed by atoms with van der Waals surface area (Å²) in [5, 5.41) is 0.680. The molecule has 2 aromatic rings. The van der Waals surface area contributed by atoms with E-state index < -0.39 is 11.9 Å². The lowest BCUT2D eigenvalue weighted by Gasteiger charge is -2.07. The van der Waals surface area contributed by atoms with E-state index in [1.807, 2.05) is 0 Å². The van der Waals surface area contributed by atoms with Crippen molar-refractivity contribution in [2.75, 3.05) is 6.61 Å². The molecule has 0 atom stereocenters. The molecule has 0 aliphatic carbocycles. The highest BCUT2D eigenvalue weighted by atomic mass is 35.5. The van der Waals surface area contributed by atoms with Gasteiger partial charge in [-0.1, -0.05) is 55.8 Å². The van der Waals surface area contributed by atoms with E-state index in [1.54, 1.807) is 24.3 Å². The molecule has 0 saturated carbocycles. The van der Waals surface area contributed by atoms with E-state index in [1.165, 1.54) is 31.0 Å². The van der Waals surface area contributed by atoms with Gasteiger partial charge in [-0.05, 0) is 42.8 Å². The van der Waals surface area contributed by atoms with E-state index in [4.69, 9.17) is 32.7 Å². The van der Waals surface area contributed by atoms with Gasteiger partial charge in [-0.15, -0.1) is 0 Å². The number of carbonyl (C=O) groups excluding carboxylic acids is 2. The molecule has 0 aliphatic heterocycles. The lowest BCUT2D eigenvalue weighted by Crippen LogP contribution is -2.10. The van der Waals surface area contributed by atoms with Gasteiger partial charge in [-0.25, -0.2) is 9.59 Å². The maximum atomic E-state index is 12.2. The van der Waals surface area contributed by atoms with E-state index in [9.17, 15) is 9.59 Å². The molecular formula is C21H22Cl2O4. The Hall–Kier alpha value is -2.04. The van der Waals surface area contributed by atoms with Gasteiger partial charge in [-0.2, -0.15) is 0 Å². The van der Waals surface area contributed by atoms with E-state index in [2.05, 4.69) is 6.92 Å². The number of halogens is 2. The first-order chi connectivity index (χ1) is 13.0. The van der Waals surface area contributed by atoms with Crippen LogP contribution in [0.3, 0.4) is 0 Å². The molecule has 0 aromatic heterocycles. The van der Waals surface area contributed by atoms with Crippen molar-refractivity contribution in [2.45, 2.75) is 39.0 Å². The van der Waals surface area contributed by atoms with Crippen LogP contribution in [0.25, 0.3) is 0 Å². The molecule has 0 saturated heterocycles. The second-order valence-electron chi connectivity index (χ2n) is 6.09. The van der Waals surface area contributed by atoms with Gasteiger partial charge in [0.25, 0.3) is 0 Å². The van der Waals surface area contributed by atoms with Gasteiger partial charge in [0.1, 0.15) is 5.75 Å². The summed E-state index contributed by atoms with van der Waals surface area (Å²) < 4.78 is 10.5. The van der Waals surface area contributed by atoms with Crippen molar-refractivity contribution in [1.29, 1.82) is 0 Å². The first kappa shape index (κ1) is 21.3. The first-order valence-electron chi connectivity index (χ1n) is 8.95. The van der Waals surface area contributed by atoms with E-state index in [0.717, 1.165) is 19.3 Å². The zero-order valence-corrected chi connectivity index (χ0v) is 16.7. The van der Waals surface area contributed by atoms with Crippen LogP contribution in [-0.4, -0.2) is 18.5 Å². The summed E-state index contributed by atoms with van der Waals surface area (Å²) in [7, 11) is 0. The third kappa shape index (κ3) is 6.89. The molecule has 0 amide bonds. The summed E-state index contributed by atoms with van der Waals surface area (Å²) in [6.07, 6.45) is 5.46. The Kier molecular flexibility index (Phi) is 8.62. The molecule has 0 unspecified atom stereocenters. The zero-order chi connectivity index (χ0) is 19.6. The SMILES string of the molecule is CCCCCCCOC(=O)c1ccc(C(=O)Oc2ccc(Cl)c(Cl)c2)cc1. The van der Waals surface area contributed by atoms with Gasteiger partial charge < -0.3 is 9.47 Å². The van der Waals surface area contributed by atoms with Gasteiger partial charge in [0, 0.05) is 6.07 Å². The maximum absolute atomic E-state index is 12.2. The summed E-state index contributed by atoms with van der Waals surface area (Å²) in [5.74, 6) is -0.653. The van der Waals surface area contributed by atoms with Crippen molar-refractivity contribution in [1.82, 2.24) is 0 Å². The largest absolute Gasteiger partial charge is 0.462 e. The first-order valence-corrected chi connectivity index (χ1v) is 9.71. The fourth-order valence-corrected chi connectivity index (χ4v) is 2.69. The van der Waals surface area contributed by atoms with E-state index in [0.29, 0.717) is 33.5 Å². The van der Waals surface area contributed by atoms with Crippen molar-refractivity contribution in [3.05, 3.63) is 63.6 Å². The number of hydrogen-bond acceptors (Lipinski definition) is 4. The highest BCUT2D eigenvalue weighted by Gasteiger charge is 2.12. The average molecular weight is 409 g/mol. The van der Waals surface area contributed by atoms with Crippen molar-refractivity contribution in [3.63, 3.8) is 0 Å². The second kappa shape index (κ2) is 11.0. The average Bonchev–Trinajstić information content (AvgIpc) is 2.67. The third-order valence-corrected chi connectivity index (χ3v) is 4.68. The van der Waals surface area contributed by atoms with Crippen LogP contribution in [0.5, 0.6) is 5.75 Å². The number of ether oxygens (including phenoxy) is 2. The Bertz CT molecular complexity index is 772. The third-order valence-electron chi connectivity index (χ3n) is 3.94. The molecule has 6 heteroatoms. The van der Waals surface area contributed by atoms with Crippen LogP contribution in [-0.2, 0) is 4.74 Å². The molecule has 0 fully saturated rings. The molecule has 0 bridgehead atoms. The molecule has 4 nitrogen and oxygen atoms in total. The molecule has 27 heavy (non-hydrogen) atoms. The summed E-state index contributed by atoms with van der Waals surface area (Å²) >= 11 is 11.7. The highest BCUT2D eigenvalue weighted by Crippen LogP contribution is 2.26. The Morgan fingerprint density at radius 3 is 2.07 bits per heavy atom. The van der Waals surface area contributed by atoms with Gasteiger partial charge in [0.2, 0.25) is 0 Å². The van der Waals surface area contributed by atoms with Crippen LogP contribution in [0.1, 0.15) is 59.7 Å². The molecule has 0 N–H and O–H groups in total. The summed E-state index contributed by atoms with van der Waals surface area (Å²) in [6.45, 7) is 2.56. The Morgan fingerprint density at radius 2 is 1.44 bits per heavy atom. The van der Waals surface area contributed by atoms with Crippen molar-refractivity contribution < 1.29 is 19.1 Å². The van der Waals surface area contributed by atoms with Crippen molar-refractivity contribution >= 4 is 35.1 Å². The molecule has 2 rings (SSSR count). The smallest absolute Gasteiger partial charge is 0.343 e. The van der Waals surface area contributed by atoms with Gasteiger partial charge in [0.05, 0.1) is 27.8 Å². The predicted octanol–water partition coefficient (Wildman–Crippen LogP) is 6.34. The lowest BCUT2D eigenvalue weighted by atomic mass is 10.1. The number of rotatable bonds is 9. The molecule has 0 heterocycles. The fourth-order valence-electron chi connectivity index (χ4n) is 2.40. The Balaban J connectivity index is 1.85. The second-order valence-corrected chi connectivity index (χ2v) is 6.91. The van der Waals surface area contributed by atoms with Crippen LogP contribution in [0.2, 0.25) is 10.0 Å². The quantitative estimate of drug-likeness (QED) is 0.276. The van der Waals surface area contributed by atoms with Crippen LogP contribution in [0.4, 0.5) is 0 Å². The fraction of sp³-hybridized carbons (Fsp3) is 0.333. The molecule has 0 spiro atoms. The number of hydrogen-bond donors (Lipinski definition) is 0. The number of esters is 2. The van der Waals surface area contributed by atoms with Crippen LogP contribution in [0.15, 0.2) is 42.5 Å². The number of carbonyl (C=O) groups is 2.